The number of thiazole rings is 1. The third-order valence-corrected chi connectivity index (χ3v) is 6.77. The molecule has 0 aliphatic rings. The lowest BCUT2D eigenvalue weighted by Gasteiger charge is -2.07. The predicted molar refractivity (Wildman–Crippen MR) is 103 cm³/mol. The monoisotopic (exact) mass is 410 g/mol. The van der Waals surface area contributed by atoms with Crippen LogP contribution in [0.4, 0.5) is 4.39 Å². The van der Waals surface area contributed by atoms with Crippen molar-refractivity contribution in [3.8, 4) is 10.6 Å². The van der Waals surface area contributed by atoms with Crippen molar-refractivity contribution in [2.24, 2.45) is 0 Å². The Hall–Kier alpha value is -1.80. The van der Waals surface area contributed by atoms with Crippen LogP contribution in [-0.2, 0) is 16.4 Å². The summed E-state index contributed by atoms with van der Waals surface area (Å²) in [5.74, 6) is -0.765. The Bertz CT molecular complexity index is 1020. The first-order valence-electron chi connectivity index (χ1n) is 7.83. The van der Waals surface area contributed by atoms with E-state index in [1.54, 1.807) is 12.1 Å². The van der Waals surface area contributed by atoms with E-state index in [0.717, 1.165) is 27.2 Å². The van der Waals surface area contributed by atoms with Crippen LogP contribution in [0, 0.1) is 12.7 Å². The van der Waals surface area contributed by atoms with Crippen LogP contribution in [0.3, 0.4) is 0 Å². The van der Waals surface area contributed by atoms with E-state index in [4.69, 9.17) is 11.6 Å². The zero-order valence-corrected chi connectivity index (χ0v) is 16.3. The SMILES string of the molecule is Cc1nc(-c2ccc(Cl)cc2)sc1CCNS(=O)(=O)c1ccccc1F. The van der Waals surface area contributed by atoms with Crippen molar-refractivity contribution in [3.05, 3.63) is 69.9 Å². The standard InChI is InChI=1S/C18H16ClFN2O2S2/c1-12-16(25-18(22-12)13-6-8-14(19)9-7-13)10-11-21-26(23,24)17-5-3-2-4-15(17)20/h2-9,21H,10-11H2,1H3. The van der Waals surface area contributed by atoms with Crippen LogP contribution in [0.1, 0.15) is 10.6 Å². The molecule has 0 bridgehead atoms. The van der Waals surface area contributed by atoms with Gasteiger partial charge in [-0.25, -0.2) is 22.5 Å². The van der Waals surface area contributed by atoms with Crippen LogP contribution in [-0.4, -0.2) is 19.9 Å². The summed E-state index contributed by atoms with van der Waals surface area (Å²) in [6.45, 7) is 2.05. The first kappa shape index (κ1) is 19.0. The molecule has 0 atom stereocenters. The maximum atomic E-state index is 13.7. The molecule has 0 radical (unpaired) electrons. The summed E-state index contributed by atoms with van der Waals surface area (Å²) < 4.78 is 40.5. The molecule has 2 aromatic carbocycles. The van der Waals surface area contributed by atoms with Gasteiger partial charge in [0.25, 0.3) is 0 Å². The summed E-state index contributed by atoms with van der Waals surface area (Å²) >= 11 is 7.40. The number of rotatable bonds is 6. The first-order valence-corrected chi connectivity index (χ1v) is 10.5. The predicted octanol–water partition coefficient (Wildman–Crippen LogP) is 4.43. The minimum absolute atomic E-state index is 0.166. The molecule has 4 nitrogen and oxygen atoms in total. The molecule has 0 spiro atoms. The molecule has 1 aromatic heterocycles. The van der Waals surface area contributed by atoms with Crippen molar-refractivity contribution >= 4 is 33.0 Å². The van der Waals surface area contributed by atoms with Crippen LogP contribution in [0.15, 0.2) is 53.4 Å². The zero-order chi connectivity index (χ0) is 18.7. The Balaban J connectivity index is 1.69. The Morgan fingerprint density at radius 1 is 1.15 bits per heavy atom. The van der Waals surface area contributed by atoms with Crippen molar-refractivity contribution in [1.82, 2.24) is 9.71 Å². The molecular formula is C18H16ClFN2O2S2. The molecule has 0 aliphatic carbocycles. The molecule has 8 heteroatoms. The van der Waals surface area contributed by atoms with E-state index in [2.05, 4.69) is 9.71 Å². The zero-order valence-electron chi connectivity index (χ0n) is 13.9. The van der Waals surface area contributed by atoms with E-state index >= 15 is 0 Å². The van der Waals surface area contributed by atoms with Crippen LogP contribution in [0.5, 0.6) is 0 Å². The summed E-state index contributed by atoms with van der Waals surface area (Å²) in [5.41, 5.74) is 1.81. The number of aryl methyl sites for hydroxylation is 1. The summed E-state index contributed by atoms with van der Waals surface area (Å²) in [6, 6.07) is 12.7. The average Bonchev–Trinajstić information content (AvgIpc) is 2.96. The minimum atomic E-state index is -3.88. The first-order chi connectivity index (χ1) is 12.4. The molecule has 0 unspecified atom stereocenters. The summed E-state index contributed by atoms with van der Waals surface area (Å²) in [4.78, 5) is 5.17. The van der Waals surface area contributed by atoms with E-state index in [9.17, 15) is 12.8 Å². The van der Waals surface area contributed by atoms with Crippen molar-refractivity contribution in [2.75, 3.05) is 6.54 Å². The number of sulfonamides is 1. The molecule has 3 rings (SSSR count). The number of hydrogen-bond donors (Lipinski definition) is 1. The Morgan fingerprint density at radius 2 is 1.85 bits per heavy atom. The fraction of sp³-hybridized carbons (Fsp3) is 0.167. The molecule has 0 amide bonds. The number of hydrogen-bond acceptors (Lipinski definition) is 4. The lowest BCUT2D eigenvalue weighted by Crippen LogP contribution is -2.26. The van der Waals surface area contributed by atoms with Gasteiger partial charge in [-0.1, -0.05) is 35.9 Å². The lowest BCUT2D eigenvalue weighted by atomic mass is 10.2. The smallest absolute Gasteiger partial charge is 0.241 e. The van der Waals surface area contributed by atoms with Crippen LogP contribution in [0.2, 0.25) is 5.02 Å². The number of benzene rings is 2. The Kier molecular flexibility index (Phi) is 5.72. The van der Waals surface area contributed by atoms with Gasteiger partial charge in [0.15, 0.2) is 0 Å². The molecule has 26 heavy (non-hydrogen) atoms. The van der Waals surface area contributed by atoms with Gasteiger partial charge in [-0.15, -0.1) is 11.3 Å². The van der Waals surface area contributed by atoms with E-state index < -0.39 is 15.8 Å². The minimum Gasteiger partial charge on any atom is -0.241 e. The highest BCUT2D eigenvalue weighted by atomic mass is 35.5. The van der Waals surface area contributed by atoms with E-state index in [-0.39, 0.29) is 11.4 Å². The van der Waals surface area contributed by atoms with Gasteiger partial charge >= 0.3 is 0 Å². The number of nitrogens with zero attached hydrogens (tertiary/aromatic N) is 1. The topological polar surface area (TPSA) is 59.1 Å². The summed E-state index contributed by atoms with van der Waals surface area (Å²) in [5, 5.41) is 1.51. The van der Waals surface area contributed by atoms with Crippen LogP contribution >= 0.6 is 22.9 Å². The van der Waals surface area contributed by atoms with Gasteiger partial charge in [-0.2, -0.15) is 0 Å². The summed E-state index contributed by atoms with van der Waals surface area (Å²) in [7, 11) is -3.88. The van der Waals surface area contributed by atoms with Crippen LogP contribution in [0.25, 0.3) is 10.6 Å². The fourth-order valence-electron chi connectivity index (χ4n) is 2.42. The van der Waals surface area contributed by atoms with E-state index in [0.29, 0.717) is 11.4 Å². The Labute approximate surface area is 160 Å². The van der Waals surface area contributed by atoms with Crippen molar-refractivity contribution in [3.63, 3.8) is 0 Å². The molecule has 136 valence electrons. The largest absolute Gasteiger partial charge is 0.243 e. The molecule has 3 aromatic rings. The van der Waals surface area contributed by atoms with Gasteiger partial charge in [-0.05, 0) is 37.6 Å². The second-order valence-electron chi connectivity index (χ2n) is 5.61. The molecule has 0 fully saturated rings. The highest BCUT2D eigenvalue weighted by Gasteiger charge is 2.18. The van der Waals surface area contributed by atoms with Crippen molar-refractivity contribution in [2.45, 2.75) is 18.2 Å². The van der Waals surface area contributed by atoms with Gasteiger partial charge in [0.05, 0.1) is 5.69 Å². The van der Waals surface area contributed by atoms with Crippen molar-refractivity contribution < 1.29 is 12.8 Å². The average molecular weight is 411 g/mol. The number of nitrogens with one attached hydrogen (secondary N) is 1. The number of aromatic nitrogens is 1. The van der Waals surface area contributed by atoms with Gasteiger partial charge < -0.3 is 0 Å². The van der Waals surface area contributed by atoms with Gasteiger partial charge in [0, 0.05) is 22.0 Å². The number of halogens is 2. The second-order valence-corrected chi connectivity index (χ2v) is 8.87. The van der Waals surface area contributed by atoms with Gasteiger partial charge in [-0.3, -0.25) is 0 Å². The molecule has 1 heterocycles. The lowest BCUT2D eigenvalue weighted by molar-refractivity contribution is 0.557. The Morgan fingerprint density at radius 3 is 2.54 bits per heavy atom. The highest BCUT2D eigenvalue weighted by molar-refractivity contribution is 7.89. The molecule has 0 saturated carbocycles. The van der Waals surface area contributed by atoms with E-state index in [1.165, 1.54) is 29.5 Å². The van der Waals surface area contributed by atoms with Gasteiger partial charge in [0.2, 0.25) is 10.0 Å². The quantitative estimate of drug-likeness (QED) is 0.653. The van der Waals surface area contributed by atoms with Crippen LogP contribution < -0.4 is 4.72 Å². The summed E-state index contributed by atoms with van der Waals surface area (Å²) in [6.07, 6.45) is 0.477. The maximum absolute atomic E-state index is 13.7. The molecule has 0 aliphatic heterocycles. The van der Waals surface area contributed by atoms with E-state index in [1.807, 2.05) is 19.1 Å². The molecule has 1 N–H and O–H groups in total. The highest BCUT2D eigenvalue weighted by Crippen LogP contribution is 2.29. The fourth-order valence-corrected chi connectivity index (χ4v) is 4.72. The van der Waals surface area contributed by atoms with Crippen molar-refractivity contribution in [1.29, 1.82) is 0 Å². The second kappa shape index (κ2) is 7.84. The normalized spacial score (nSPS) is 11.7. The molecular weight excluding hydrogens is 395 g/mol. The van der Waals surface area contributed by atoms with Gasteiger partial charge in [0.1, 0.15) is 15.7 Å². The third kappa shape index (κ3) is 4.29. The third-order valence-electron chi connectivity index (χ3n) is 3.75. The molecule has 0 saturated heterocycles. The maximum Gasteiger partial charge on any atom is 0.243 e.